The zero-order valence-corrected chi connectivity index (χ0v) is 16.8. The van der Waals surface area contributed by atoms with Crippen LogP contribution in [0.3, 0.4) is 0 Å². The summed E-state index contributed by atoms with van der Waals surface area (Å²) in [6.45, 7) is 1.38. The molecule has 2 aromatic heterocycles. The molecule has 12 heteroatoms. The van der Waals surface area contributed by atoms with Gasteiger partial charge in [-0.05, 0) is 36.4 Å². The minimum absolute atomic E-state index is 0.132. The minimum atomic E-state index is -4.70. The second-order valence-corrected chi connectivity index (χ2v) is 8.87. The van der Waals surface area contributed by atoms with Gasteiger partial charge in [0, 0.05) is 43.0 Å². The molecule has 7 nitrogen and oxygen atoms in total. The van der Waals surface area contributed by atoms with Gasteiger partial charge >= 0.3 is 6.18 Å². The lowest BCUT2D eigenvalue weighted by molar-refractivity contribution is -0.155. The molecule has 3 heterocycles. The molecule has 4 rings (SSSR count). The number of furan rings is 1. The Kier molecular flexibility index (Phi) is 5.28. The molecule has 0 radical (unpaired) electrons. The summed E-state index contributed by atoms with van der Waals surface area (Å²) < 4.78 is 74.5. The molecule has 0 saturated carbocycles. The van der Waals surface area contributed by atoms with E-state index in [4.69, 9.17) is 16.0 Å². The molecule has 0 atom stereocenters. The molecule has 0 N–H and O–H groups in total. The van der Waals surface area contributed by atoms with Crippen LogP contribution in [0.4, 0.5) is 18.9 Å². The zero-order chi connectivity index (χ0) is 21.5. The first-order chi connectivity index (χ1) is 14.1. The highest BCUT2D eigenvalue weighted by molar-refractivity contribution is 7.89. The van der Waals surface area contributed by atoms with Crippen molar-refractivity contribution in [2.24, 2.45) is 0 Å². The molecule has 0 bridgehead atoms. The Hall–Kier alpha value is -2.50. The number of piperazine rings is 1. The summed E-state index contributed by atoms with van der Waals surface area (Å²) in [5.41, 5.74) is 0.694. The van der Waals surface area contributed by atoms with Crippen LogP contribution in [0.2, 0.25) is 5.02 Å². The highest BCUT2D eigenvalue weighted by Crippen LogP contribution is 2.33. The van der Waals surface area contributed by atoms with Gasteiger partial charge in [-0.1, -0.05) is 16.8 Å². The second kappa shape index (κ2) is 7.64. The van der Waals surface area contributed by atoms with E-state index in [1.54, 1.807) is 12.1 Å². The molecule has 0 aliphatic carbocycles. The van der Waals surface area contributed by atoms with Gasteiger partial charge in [0.15, 0.2) is 5.76 Å². The second-order valence-electron chi connectivity index (χ2n) is 6.56. The highest BCUT2D eigenvalue weighted by Gasteiger charge is 2.37. The zero-order valence-electron chi connectivity index (χ0n) is 15.3. The summed E-state index contributed by atoms with van der Waals surface area (Å²) in [6.07, 6.45) is -4.70. The first-order valence-electron chi connectivity index (χ1n) is 8.79. The van der Waals surface area contributed by atoms with E-state index in [0.29, 0.717) is 24.2 Å². The van der Waals surface area contributed by atoms with Crippen molar-refractivity contribution in [2.45, 2.75) is 11.3 Å². The van der Waals surface area contributed by atoms with Crippen LogP contribution in [0.1, 0.15) is 5.76 Å². The van der Waals surface area contributed by atoms with Crippen LogP contribution in [0.15, 0.2) is 56.5 Å². The van der Waals surface area contributed by atoms with Crippen LogP contribution in [0, 0.1) is 0 Å². The van der Waals surface area contributed by atoms with Crippen LogP contribution >= 0.6 is 11.6 Å². The van der Waals surface area contributed by atoms with Gasteiger partial charge < -0.3 is 13.8 Å². The van der Waals surface area contributed by atoms with Crippen LogP contribution in [-0.4, -0.2) is 44.1 Å². The third-order valence-corrected chi connectivity index (χ3v) is 6.67. The Bertz CT molecular complexity index is 1130. The van der Waals surface area contributed by atoms with E-state index < -0.39 is 22.0 Å². The van der Waals surface area contributed by atoms with Gasteiger partial charge in [-0.15, -0.1) is 0 Å². The maximum atomic E-state index is 12.9. The Labute approximate surface area is 174 Å². The third-order valence-electron chi connectivity index (χ3n) is 4.65. The maximum absolute atomic E-state index is 12.9. The number of rotatable bonds is 4. The fourth-order valence-electron chi connectivity index (χ4n) is 3.09. The van der Waals surface area contributed by atoms with Gasteiger partial charge in [-0.3, -0.25) is 0 Å². The molecular formula is C18H15ClF3N3O4S. The van der Waals surface area contributed by atoms with Crippen molar-refractivity contribution in [3.05, 3.63) is 53.2 Å². The van der Waals surface area contributed by atoms with E-state index in [1.807, 2.05) is 17.0 Å². The van der Waals surface area contributed by atoms with E-state index in [9.17, 15) is 21.6 Å². The summed E-state index contributed by atoms with van der Waals surface area (Å²) in [7, 11) is -3.94. The topological polar surface area (TPSA) is 79.8 Å². The van der Waals surface area contributed by atoms with Crippen LogP contribution in [-0.2, 0) is 16.2 Å². The fraction of sp³-hybridized carbons (Fsp3) is 0.278. The van der Waals surface area contributed by atoms with Gasteiger partial charge in [-0.25, -0.2) is 8.42 Å². The SMILES string of the molecule is O=S(=O)(c1ccc(-c2cc(C(F)(F)F)on2)o1)N1CCN(c2ccc(Cl)cc2)CC1. The summed E-state index contributed by atoms with van der Waals surface area (Å²) in [5, 5.41) is 3.54. The van der Waals surface area contributed by atoms with Crippen LogP contribution in [0.25, 0.3) is 11.5 Å². The predicted octanol–water partition coefficient (Wildman–Crippen LogP) is 4.12. The lowest BCUT2D eigenvalue weighted by Crippen LogP contribution is -2.48. The number of hydrogen-bond donors (Lipinski definition) is 0. The molecule has 1 saturated heterocycles. The average molecular weight is 462 g/mol. The molecule has 1 aromatic carbocycles. The van der Waals surface area contributed by atoms with Gasteiger partial charge in [-0.2, -0.15) is 17.5 Å². The van der Waals surface area contributed by atoms with Crippen molar-refractivity contribution >= 4 is 27.3 Å². The number of benzene rings is 1. The van der Waals surface area contributed by atoms with E-state index in [1.165, 1.54) is 16.4 Å². The smallest absolute Gasteiger partial charge is 0.441 e. The Morgan fingerprint density at radius 3 is 2.27 bits per heavy atom. The molecule has 0 spiro atoms. The molecule has 0 amide bonds. The molecule has 1 aliphatic rings. The lowest BCUT2D eigenvalue weighted by atomic mass is 10.2. The van der Waals surface area contributed by atoms with Gasteiger partial charge in [0.05, 0.1) is 0 Å². The predicted molar refractivity (Wildman–Crippen MR) is 102 cm³/mol. The van der Waals surface area contributed by atoms with Crippen molar-refractivity contribution in [1.29, 1.82) is 0 Å². The first-order valence-corrected chi connectivity index (χ1v) is 10.6. The third kappa shape index (κ3) is 4.05. The number of hydrogen-bond acceptors (Lipinski definition) is 6. The van der Waals surface area contributed by atoms with Crippen molar-refractivity contribution in [2.75, 3.05) is 31.1 Å². The van der Waals surface area contributed by atoms with Gasteiger partial charge in [0.1, 0.15) is 5.69 Å². The number of anilines is 1. The molecule has 30 heavy (non-hydrogen) atoms. The number of aromatic nitrogens is 1. The van der Waals surface area contributed by atoms with Crippen molar-refractivity contribution < 1.29 is 30.5 Å². The molecule has 0 unspecified atom stereocenters. The van der Waals surface area contributed by atoms with E-state index in [2.05, 4.69) is 9.68 Å². The maximum Gasteiger partial charge on any atom is 0.452 e. The summed E-state index contributed by atoms with van der Waals surface area (Å²) in [6, 6.07) is 10.3. The van der Waals surface area contributed by atoms with Crippen molar-refractivity contribution in [1.82, 2.24) is 9.46 Å². The molecule has 1 fully saturated rings. The number of halogens is 4. The van der Waals surface area contributed by atoms with Gasteiger partial charge in [0.25, 0.3) is 10.0 Å². The average Bonchev–Trinajstić information content (AvgIpc) is 3.38. The van der Waals surface area contributed by atoms with Gasteiger partial charge in [0.2, 0.25) is 10.9 Å². The minimum Gasteiger partial charge on any atom is -0.441 e. The Balaban J connectivity index is 1.47. The Morgan fingerprint density at radius 1 is 1.00 bits per heavy atom. The summed E-state index contributed by atoms with van der Waals surface area (Å²) >= 11 is 5.89. The van der Waals surface area contributed by atoms with E-state index in [-0.39, 0.29) is 29.6 Å². The quantitative estimate of drug-likeness (QED) is 0.581. The summed E-state index contributed by atoms with van der Waals surface area (Å²) in [5.74, 6) is -1.43. The number of sulfonamides is 1. The van der Waals surface area contributed by atoms with E-state index >= 15 is 0 Å². The molecule has 3 aromatic rings. The Morgan fingerprint density at radius 2 is 1.67 bits per heavy atom. The first kappa shape index (κ1) is 20.8. The number of alkyl halides is 3. The normalized spacial score (nSPS) is 16.2. The monoisotopic (exact) mass is 461 g/mol. The lowest BCUT2D eigenvalue weighted by Gasteiger charge is -2.34. The van der Waals surface area contributed by atoms with Crippen molar-refractivity contribution in [3.63, 3.8) is 0 Å². The van der Waals surface area contributed by atoms with Crippen molar-refractivity contribution in [3.8, 4) is 11.5 Å². The largest absolute Gasteiger partial charge is 0.452 e. The highest BCUT2D eigenvalue weighted by atomic mass is 35.5. The molecule has 160 valence electrons. The standard InChI is InChI=1S/C18H15ClF3N3O4S/c19-12-1-3-13(4-2-12)24-7-9-25(10-8-24)30(26,27)17-6-5-15(28-17)14-11-16(29-23-14)18(20,21)22/h1-6,11H,7-10H2. The van der Waals surface area contributed by atoms with Crippen LogP contribution < -0.4 is 4.90 Å². The number of nitrogens with zero attached hydrogens (tertiary/aromatic N) is 3. The fourth-order valence-corrected chi connectivity index (χ4v) is 4.55. The van der Waals surface area contributed by atoms with Crippen LogP contribution in [0.5, 0.6) is 0 Å². The summed E-state index contributed by atoms with van der Waals surface area (Å²) in [4.78, 5) is 2.03. The van der Waals surface area contributed by atoms with E-state index in [0.717, 1.165) is 5.69 Å². The molecule has 1 aliphatic heterocycles. The molecular weight excluding hydrogens is 447 g/mol.